The molecule has 226 valence electrons. The van der Waals surface area contributed by atoms with E-state index in [9.17, 15) is 31.2 Å². The second-order valence-electron chi connectivity index (χ2n) is 9.97. The highest BCUT2D eigenvalue weighted by Crippen LogP contribution is 2.33. The summed E-state index contributed by atoms with van der Waals surface area (Å²) < 4.78 is 69.0. The molecule has 1 unspecified atom stereocenters. The SMILES string of the molecule is Cc1ccc(S(=O)(=O)N(CC(=O)N(Cc2ccc(Cl)cc2Cl)C(C)C(=O)NC(C)C)c2cccc(C(F)(F)F)c2)cc1. The summed E-state index contributed by atoms with van der Waals surface area (Å²) >= 11 is 12.3. The Morgan fingerprint density at radius 1 is 0.952 bits per heavy atom. The molecule has 0 fully saturated rings. The number of amides is 2. The van der Waals surface area contributed by atoms with Crippen LogP contribution < -0.4 is 9.62 Å². The van der Waals surface area contributed by atoms with Gasteiger partial charge in [0, 0.05) is 22.6 Å². The number of carbonyl (C=O) groups excluding carboxylic acids is 2. The average molecular weight is 645 g/mol. The highest BCUT2D eigenvalue weighted by atomic mass is 35.5. The van der Waals surface area contributed by atoms with Crippen LogP contribution in [-0.4, -0.2) is 43.8 Å². The van der Waals surface area contributed by atoms with E-state index in [1.165, 1.54) is 43.3 Å². The Balaban J connectivity index is 2.11. The van der Waals surface area contributed by atoms with Gasteiger partial charge in [0.05, 0.1) is 16.1 Å². The van der Waals surface area contributed by atoms with Crippen molar-refractivity contribution in [2.45, 2.75) is 57.4 Å². The molecule has 3 rings (SSSR count). The molecule has 0 saturated heterocycles. The Morgan fingerprint density at radius 3 is 2.17 bits per heavy atom. The van der Waals surface area contributed by atoms with E-state index in [4.69, 9.17) is 23.2 Å². The van der Waals surface area contributed by atoms with Crippen molar-refractivity contribution in [3.8, 4) is 0 Å². The van der Waals surface area contributed by atoms with Gasteiger partial charge >= 0.3 is 6.18 Å². The molecule has 1 atom stereocenters. The summed E-state index contributed by atoms with van der Waals surface area (Å²) in [5.74, 6) is -1.36. The molecule has 3 aromatic carbocycles. The number of sulfonamides is 1. The monoisotopic (exact) mass is 643 g/mol. The smallest absolute Gasteiger partial charge is 0.352 e. The number of carbonyl (C=O) groups is 2. The summed E-state index contributed by atoms with van der Waals surface area (Å²) in [7, 11) is -4.54. The van der Waals surface area contributed by atoms with E-state index in [-0.39, 0.29) is 28.2 Å². The molecule has 7 nitrogen and oxygen atoms in total. The van der Waals surface area contributed by atoms with E-state index in [0.29, 0.717) is 21.0 Å². The highest BCUT2D eigenvalue weighted by Gasteiger charge is 2.35. The summed E-state index contributed by atoms with van der Waals surface area (Å²) in [4.78, 5) is 27.8. The molecule has 0 saturated carbocycles. The molecule has 0 spiro atoms. The minimum absolute atomic E-state index is 0.206. The van der Waals surface area contributed by atoms with Gasteiger partial charge in [0.2, 0.25) is 11.8 Å². The first kappa shape index (κ1) is 33.2. The van der Waals surface area contributed by atoms with E-state index in [1.54, 1.807) is 32.9 Å². The van der Waals surface area contributed by atoms with Crippen LogP contribution in [0.5, 0.6) is 0 Å². The van der Waals surface area contributed by atoms with Crippen LogP contribution in [-0.2, 0) is 32.3 Å². The molecule has 0 aliphatic rings. The van der Waals surface area contributed by atoms with Crippen LogP contribution in [0.3, 0.4) is 0 Å². The second kappa shape index (κ2) is 13.4. The van der Waals surface area contributed by atoms with Crippen molar-refractivity contribution < 1.29 is 31.2 Å². The van der Waals surface area contributed by atoms with Gasteiger partial charge in [0.15, 0.2) is 0 Å². The van der Waals surface area contributed by atoms with Gasteiger partial charge in [-0.3, -0.25) is 13.9 Å². The summed E-state index contributed by atoms with van der Waals surface area (Å²) in [5.41, 5.74) is -0.286. The molecule has 0 radical (unpaired) electrons. The predicted octanol–water partition coefficient (Wildman–Crippen LogP) is 6.46. The van der Waals surface area contributed by atoms with Gasteiger partial charge < -0.3 is 10.2 Å². The molecule has 0 aliphatic carbocycles. The first-order chi connectivity index (χ1) is 19.5. The molecule has 0 aliphatic heterocycles. The zero-order valence-electron chi connectivity index (χ0n) is 23.2. The van der Waals surface area contributed by atoms with Crippen LogP contribution in [0.4, 0.5) is 18.9 Å². The number of benzene rings is 3. The second-order valence-corrected chi connectivity index (χ2v) is 12.7. The van der Waals surface area contributed by atoms with E-state index >= 15 is 0 Å². The summed E-state index contributed by atoms with van der Waals surface area (Å²) in [6.45, 7) is 5.56. The van der Waals surface area contributed by atoms with Crippen molar-refractivity contribution in [3.63, 3.8) is 0 Å². The van der Waals surface area contributed by atoms with E-state index < -0.39 is 46.2 Å². The lowest BCUT2D eigenvalue weighted by Crippen LogP contribution is -2.52. The standard InChI is InChI=1S/C29H30Cl2F3N3O4S/c1-18(2)35-28(39)20(4)36(16-21-10-11-23(30)15-26(21)31)27(38)17-37(24-7-5-6-22(14-24)29(32,33)34)42(40,41)25-12-8-19(3)9-13-25/h5-15,18,20H,16-17H2,1-4H3,(H,35,39). The van der Waals surface area contributed by atoms with Crippen molar-refractivity contribution in [2.75, 3.05) is 10.8 Å². The van der Waals surface area contributed by atoms with Crippen molar-refractivity contribution in [1.82, 2.24) is 10.2 Å². The van der Waals surface area contributed by atoms with Crippen LogP contribution in [0.2, 0.25) is 10.0 Å². The number of hydrogen-bond acceptors (Lipinski definition) is 4. The summed E-state index contributed by atoms with van der Waals surface area (Å²) in [6.07, 6.45) is -4.76. The molecule has 13 heteroatoms. The molecular weight excluding hydrogens is 614 g/mol. The fraction of sp³-hybridized carbons (Fsp3) is 0.310. The number of anilines is 1. The van der Waals surface area contributed by atoms with Gasteiger partial charge in [-0.15, -0.1) is 0 Å². The molecule has 42 heavy (non-hydrogen) atoms. The maximum Gasteiger partial charge on any atom is 0.416 e. The topological polar surface area (TPSA) is 86.8 Å². The number of nitrogens with one attached hydrogen (secondary N) is 1. The quantitative estimate of drug-likeness (QED) is 0.275. The first-order valence-electron chi connectivity index (χ1n) is 12.8. The Hall–Kier alpha value is -3.28. The molecule has 1 N–H and O–H groups in total. The maximum atomic E-state index is 13.9. The fourth-order valence-corrected chi connectivity index (χ4v) is 5.90. The minimum Gasteiger partial charge on any atom is -0.352 e. The lowest BCUT2D eigenvalue weighted by atomic mass is 10.1. The largest absolute Gasteiger partial charge is 0.416 e. The van der Waals surface area contributed by atoms with Crippen LogP contribution in [0.1, 0.15) is 37.5 Å². The lowest BCUT2D eigenvalue weighted by molar-refractivity contribution is -0.139. The number of aryl methyl sites for hydroxylation is 1. The van der Waals surface area contributed by atoms with Gasteiger partial charge in [-0.2, -0.15) is 13.2 Å². The molecule has 2 amide bonds. The summed E-state index contributed by atoms with van der Waals surface area (Å²) in [6, 6.07) is 12.6. The molecule has 3 aromatic rings. The maximum absolute atomic E-state index is 13.9. The van der Waals surface area contributed by atoms with Crippen LogP contribution in [0.25, 0.3) is 0 Å². The molecule has 0 heterocycles. The van der Waals surface area contributed by atoms with Crippen molar-refractivity contribution in [2.24, 2.45) is 0 Å². The third-order valence-electron chi connectivity index (χ3n) is 6.30. The Labute approximate surface area is 253 Å². The number of nitrogens with zero attached hydrogens (tertiary/aromatic N) is 2. The van der Waals surface area contributed by atoms with E-state index in [0.717, 1.165) is 22.6 Å². The highest BCUT2D eigenvalue weighted by molar-refractivity contribution is 7.92. The predicted molar refractivity (Wildman–Crippen MR) is 157 cm³/mol. The zero-order valence-corrected chi connectivity index (χ0v) is 25.6. The minimum atomic E-state index is -4.76. The summed E-state index contributed by atoms with van der Waals surface area (Å²) in [5, 5.41) is 3.26. The van der Waals surface area contributed by atoms with E-state index in [2.05, 4.69) is 5.32 Å². The average Bonchev–Trinajstić information content (AvgIpc) is 2.90. The van der Waals surface area contributed by atoms with Crippen molar-refractivity contribution >= 4 is 50.7 Å². The van der Waals surface area contributed by atoms with E-state index in [1.807, 2.05) is 0 Å². The lowest BCUT2D eigenvalue weighted by Gasteiger charge is -2.32. The van der Waals surface area contributed by atoms with Crippen molar-refractivity contribution in [3.05, 3.63) is 93.5 Å². The number of rotatable bonds is 10. The zero-order chi connectivity index (χ0) is 31.4. The Bertz CT molecular complexity index is 1550. The Kier molecular flexibility index (Phi) is 10.6. The van der Waals surface area contributed by atoms with Gasteiger partial charge in [0.25, 0.3) is 10.0 Å². The molecule has 0 aromatic heterocycles. The van der Waals surface area contributed by atoms with Crippen LogP contribution in [0, 0.1) is 6.92 Å². The number of hydrogen-bond donors (Lipinski definition) is 1. The van der Waals surface area contributed by atoms with Crippen LogP contribution in [0.15, 0.2) is 71.6 Å². The number of halogens is 5. The van der Waals surface area contributed by atoms with Crippen molar-refractivity contribution in [1.29, 1.82) is 0 Å². The third-order valence-corrected chi connectivity index (χ3v) is 8.68. The van der Waals surface area contributed by atoms with Gasteiger partial charge in [-0.1, -0.05) is 53.0 Å². The number of alkyl halides is 3. The van der Waals surface area contributed by atoms with Gasteiger partial charge in [-0.05, 0) is 75.7 Å². The van der Waals surface area contributed by atoms with Gasteiger partial charge in [-0.25, -0.2) is 8.42 Å². The third kappa shape index (κ3) is 8.17. The van der Waals surface area contributed by atoms with Crippen LogP contribution >= 0.6 is 23.2 Å². The molecule has 0 bridgehead atoms. The Morgan fingerprint density at radius 2 is 1.60 bits per heavy atom. The fourth-order valence-electron chi connectivity index (χ4n) is 4.02. The first-order valence-corrected chi connectivity index (χ1v) is 15.0. The van der Waals surface area contributed by atoms with Gasteiger partial charge in [0.1, 0.15) is 12.6 Å². The normalized spacial score (nSPS) is 12.6. The molecular formula is C29H30Cl2F3N3O4S.